The van der Waals surface area contributed by atoms with Gasteiger partial charge in [-0.3, -0.25) is 14.5 Å². The lowest BCUT2D eigenvalue weighted by molar-refractivity contribution is -0.145. The molecule has 2 amide bonds. The van der Waals surface area contributed by atoms with Crippen molar-refractivity contribution in [1.29, 1.82) is 0 Å². The summed E-state index contributed by atoms with van der Waals surface area (Å²) >= 11 is 0. The van der Waals surface area contributed by atoms with Crippen molar-refractivity contribution in [3.63, 3.8) is 0 Å². The van der Waals surface area contributed by atoms with E-state index in [9.17, 15) is 9.59 Å². The number of hydrogen-bond acceptors (Lipinski definition) is 4. The first-order valence-corrected chi connectivity index (χ1v) is 7.64. The van der Waals surface area contributed by atoms with Crippen LogP contribution in [0.1, 0.15) is 18.1 Å². The number of hydrogen-bond donors (Lipinski definition) is 1. The molecule has 2 aromatic rings. The molecule has 3 rings (SSSR count). The van der Waals surface area contributed by atoms with Gasteiger partial charge in [0.1, 0.15) is 0 Å². The summed E-state index contributed by atoms with van der Waals surface area (Å²) in [6, 6.07) is 9.14. The number of anilines is 2. The monoisotopic (exact) mass is 325 g/mol. The molecule has 0 bridgehead atoms. The van der Waals surface area contributed by atoms with E-state index in [1.807, 2.05) is 32.0 Å². The molecule has 1 aliphatic heterocycles. The molecule has 0 saturated heterocycles. The maximum Gasteiger partial charge on any atom is 0.281 e. The van der Waals surface area contributed by atoms with Gasteiger partial charge in [-0.1, -0.05) is 12.1 Å². The van der Waals surface area contributed by atoms with Gasteiger partial charge in [0.05, 0.1) is 0 Å². The van der Waals surface area contributed by atoms with E-state index in [2.05, 4.69) is 10.3 Å². The molecule has 1 aromatic heterocycles. The van der Waals surface area contributed by atoms with E-state index in [0.717, 1.165) is 11.1 Å². The molecule has 0 spiro atoms. The van der Waals surface area contributed by atoms with Crippen molar-refractivity contribution >= 4 is 23.3 Å². The van der Waals surface area contributed by atoms with Crippen molar-refractivity contribution in [2.24, 2.45) is 0 Å². The smallest absolute Gasteiger partial charge is 0.281 e. The molecule has 6 heteroatoms. The zero-order valence-electron chi connectivity index (χ0n) is 14.1. The Labute approximate surface area is 140 Å². The summed E-state index contributed by atoms with van der Waals surface area (Å²) in [6.07, 6.45) is 1.57. The Morgan fingerprint density at radius 3 is 2.79 bits per heavy atom. The number of fused-ring (bicyclic) bond motifs is 1. The molecule has 1 aromatic carbocycles. The van der Waals surface area contributed by atoms with Gasteiger partial charge in [0.2, 0.25) is 0 Å². The highest BCUT2D eigenvalue weighted by molar-refractivity contribution is 6.19. The Hall–Kier alpha value is -2.89. The second-order valence-corrected chi connectivity index (χ2v) is 6.10. The van der Waals surface area contributed by atoms with Gasteiger partial charge >= 0.3 is 0 Å². The van der Waals surface area contributed by atoms with Crippen LogP contribution in [0.25, 0.3) is 0 Å². The number of nitrogens with one attached hydrogen (secondary N) is 1. The highest BCUT2D eigenvalue weighted by Crippen LogP contribution is 2.35. The molecule has 2 heterocycles. The average Bonchev–Trinajstić information content (AvgIpc) is 2.56. The van der Waals surface area contributed by atoms with Gasteiger partial charge in [-0.2, -0.15) is 0 Å². The first kappa shape index (κ1) is 16.0. The predicted molar refractivity (Wildman–Crippen MR) is 91.2 cm³/mol. The van der Waals surface area contributed by atoms with Crippen molar-refractivity contribution < 1.29 is 14.3 Å². The predicted octanol–water partition coefficient (Wildman–Crippen LogP) is 2.45. The Bertz CT molecular complexity index is 834. The molecular formula is C18H19N3O3. The minimum Gasteiger partial charge on any atom is -0.464 e. The summed E-state index contributed by atoms with van der Waals surface area (Å²) in [6.45, 7) is 5.31. The SMILES string of the molecule is Cc1ccc(C)c(NC(=O)[C@]2(C)Oc3cccnc3N(C)C2=O)c1. The van der Waals surface area contributed by atoms with Crippen LogP contribution in [-0.2, 0) is 9.59 Å². The van der Waals surface area contributed by atoms with E-state index < -0.39 is 17.4 Å². The number of aryl methyl sites for hydroxylation is 2. The highest BCUT2D eigenvalue weighted by Gasteiger charge is 2.50. The molecule has 24 heavy (non-hydrogen) atoms. The quantitative estimate of drug-likeness (QED) is 0.861. The number of pyridine rings is 1. The second kappa shape index (κ2) is 5.63. The number of aromatic nitrogens is 1. The van der Waals surface area contributed by atoms with Crippen LogP contribution in [0.5, 0.6) is 5.75 Å². The molecule has 0 radical (unpaired) electrons. The molecule has 0 unspecified atom stereocenters. The largest absolute Gasteiger partial charge is 0.464 e. The summed E-state index contributed by atoms with van der Waals surface area (Å²) in [5.41, 5.74) is 0.943. The molecule has 6 nitrogen and oxygen atoms in total. The highest BCUT2D eigenvalue weighted by atomic mass is 16.5. The normalized spacial score (nSPS) is 19.5. The zero-order valence-corrected chi connectivity index (χ0v) is 14.1. The number of amides is 2. The summed E-state index contributed by atoms with van der Waals surface area (Å²) in [4.78, 5) is 31.0. The van der Waals surface area contributed by atoms with Crippen LogP contribution in [0, 0.1) is 13.8 Å². The van der Waals surface area contributed by atoms with Crippen molar-refractivity contribution in [2.45, 2.75) is 26.4 Å². The molecule has 0 saturated carbocycles. The molecule has 0 aliphatic carbocycles. The number of carbonyl (C=O) groups excluding carboxylic acids is 2. The number of likely N-dealkylation sites (N-methyl/N-ethyl adjacent to an activating group) is 1. The van der Waals surface area contributed by atoms with Crippen LogP contribution in [0.4, 0.5) is 11.5 Å². The van der Waals surface area contributed by atoms with Crippen molar-refractivity contribution in [2.75, 3.05) is 17.3 Å². The summed E-state index contributed by atoms with van der Waals surface area (Å²) in [5, 5.41) is 2.81. The van der Waals surface area contributed by atoms with Crippen LogP contribution in [0.2, 0.25) is 0 Å². The van der Waals surface area contributed by atoms with Crippen LogP contribution in [0.3, 0.4) is 0 Å². The lowest BCUT2D eigenvalue weighted by atomic mass is 10.0. The first-order chi connectivity index (χ1) is 11.3. The molecule has 124 valence electrons. The third-order valence-corrected chi connectivity index (χ3v) is 4.17. The van der Waals surface area contributed by atoms with E-state index in [0.29, 0.717) is 17.3 Å². The standard InChI is InChI=1S/C18H19N3O3/c1-11-7-8-12(2)13(10-11)20-16(22)18(3)17(23)21(4)15-14(24-18)6-5-9-19-15/h5-10H,1-4H3,(H,20,22)/t18-/m0/s1. The minimum absolute atomic E-state index is 0.401. The van der Waals surface area contributed by atoms with E-state index in [1.165, 1.54) is 11.8 Å². The van der Waals surface area contributed by atoms with Crippen molar-refractivity contribution in [3.05, 3.63) is 47.7 Å². The number of rotatable bonds is 2. The van der Waals surface area contributed by atoms with Crippen LogP contribution in [-0.4, -0.2) is 29.4 Å². The van der Waals surface area contributed by atoms with Gasteiger partial charge in [0.15, 0.2) is 11.6 Å². The van der Waals surface area contributed by atoms with Gasteiger partial charge in [0.25, 0.3) is 17.4 Å². The van der Waals surface area contributed by atoms with E-state index >= 15 is 0 Å². The minimum atomic E-state index is -1.65. The zero-order chi connectivity index (χ0) is 17.5. The van der Waals surface area contributed by atoms with E-state index in [-0.39, 0.29) is 0 Å². The molecule has 0 fully saturated rings. The van der Waals surface area contributed by atoms with Gasteiger partial charge in [-0.05, 0) is 50.1 Å². The third kappa shape index (κ3) is 2.50. The summed E-state index contributed by atoms with van der Waals surface area (Å²) in [5.74, 6) is -0.170. The fourth-order valence-electron chi connectivity index (χ4n) is 2.65. The second-order valence-electron chi connectivity index (χ2n) is 6.10. The lowest BCUT2D eigenvalue weighted by Crippen LogP contribution is -2.60. The Morgan fingerprint density at radius 2 is 2.04 bits per heavy atom. The Kier molecular flexibility index (Phi) is 3.75. The Morgan fingerprint density at radius 1 is 1.29 bits per heavy atom. The topological polar surface area (TPSA) is 71.5 Å². The molecular weight excluding hydrogens is 306 g/mol. The van der Waals surface area contributed by atoms with E-state index in [1.54, 1.807) is 25.4 Å². The maximum absolute atomic E-state index is 12.8. The van der Waals surface area contributed by atoms with Gasteiger partial charge < -0.3 is 10.1 Å². The van der Waals surface area contributed by atoms with Gasteiger partial charge in [-0.15, -0.1) is 0 Å². The van der Waals surface area contributed by atoms with Crippen molar-refractivity contribution in [1.82, 2.24) is 4.98 Å². The lowest BCUT2D eigenvalue weighted by Gasteiger charge is -2.37. The maximum atomic E-state index is 12.8. The number of benzene rings is 1. The van der Waals surface area contributed by atoms with Crippen molar-refractivity contribution in [3.8, 4) is 5.75 Å². The van der Waals surface area contributed by atoms with Crippen LogP contribution in [0.15, 0.2) is 36.5 Å². The number of nitrogens with zero attached hydrogens (tertiary/aromatic N) is 2. The fourth-order valence-corrected chi connectivity index (χ4v) is 2.65. The Balaban J connectivity index is 1.94. The summed E-state index contributed by atoms with van der Waals surface area (Å²) in [7, 11) is 1.58. The number of ether oxygens (including phenoxy) is 1. The first-order valence-electron chi connectivity index (χ1n) is 7.64. The van der Waals surface area contributed by atoms with Gasteiger partial charge in [-0.25, -0.2) is 4.98 Å². The summed E-state index contributed by atoms with van der Waals surface area (Å²) < 4.78 is 5.74. The van der Waals surface area contributed by atoms with Crippen LogP contribution >= 0.6 is 0 Å². The molecule has 1 N–H and O–H groups in total. The molecule has 1 atom stereocenters. The average molecular weight is 325 g/mol. The van der Waals surface area contributed by atoms with Gasteiger partial charge in [0, 0.05) is 18.9 Å². The molecule has 1 aliphatic rings. The van der Waals surface area contributed by atoms with Crippen LogP contribution < -0.4 is 15.0 Å². The van der Waals surface area contributed by atoms with E-state index in [4.69, 9.17) is 4.74 Å². The number of carbonyl (C=O) groups is 2. The third-order valence-electron chi connectivity index (χ3n) is 4.17. The fraction of sp³-hybridized carbons (Fsp3) is 0.278.